The second-order valence-corrected chi connectivity index (χ2v) is 6.05. The van der Waals surface area contributed by atoms with Gasteiger partial charge in [-0.25, -0.2) is 9.97 Å². The largest absolute Gasteiger partial charge is 0.395 e. The maximum atomic E-state index is 6.01. The molecule has 2 aromatic rings. The average Bonchev–Trinajstić information content (AvgIpc) is 2.64. The number of nitrogens with zero attached hydrogens (tertiary/aromatic N) is 5. The monoisotopic (exact) mass is 310 g/mol. The number of nitrogen functional groups attached to an aromatic ring is 1. The molecule has 3 rings (SSSR count). The van der Waals surface area contributed by atoms with Crippen molar-refractivity contribution in [1.82, 2.24) is 24.7 Å². The fourth-order valence-corrected chi connectivity index (χ4v) is 3.43. The Morgan fingerprint density at radius 2 is 2.05 bits per heavy atom. The van der Waals surface area contributed by atoms with E-state index in [9.17, 15) is 0 Å². The first kappa shape index (κ1) is 13.6. The third kappa shape index (κ3) is 2.60. The van der Waals surface area contributed by atoms with E-state index in [1.807, 2.05) is 6.92 Å². The molecule has 0 amide bonds. The second kappa shape index (κ2) is 5.57. The molecule has 1 aliphatic heterocycles. The van der Waals surface area contributed by atoms with E-state index in [0.29, 0.717) is 16.4 Å². The standard InChI is InChI=1S/C12H15ClN6S/c1-7-9(14)10(16-11(13)15-7)20-12-18-17-8-5-3-2-4-6-19(8)12/h2-6,14H2,1H3. The van der Waals surface area contributed by atoms with Gasteiger partial charge in [0.1, 0.15) is 10.9 Å². The summed E-state index contributed by atoms with van der Waals surface area (Å²) in [6, 6.07) is 0. The van der Waals surface area contributed by atoms with Gasteiger partial charge in [-0.15, -0.1) is 10.2 Å². The Balaban J connectivity index is 1.94. The number of hydrogen-bond donors (Lipinski definition) is 1. The van der Waals surface area contributed by atoms with Crippen LogP contribution < -0.4 is 5.73 Å². The highest BCUT2D eigenvalue weighted by molar-refractivity contribution is 7.99. The highest BCUT2D eigenvalue weighted by Gasteiger charge is 2.18. The first-order valence-electron chi connectivity index (χ1n) is 6.54. The molecular weight excluding hydrogens is 296 g/mol. The van der Waals surface area contributed by atoms with Crippen molar-refractivity contribution in [2.24, 2.45) is 0 Å². The molecule has 0 radical (unpaired) electrons. The van der Waals surface area contributed by atoms with Crippen LogP contribution in [0.25, 0.3) is 0 Å². The molecule has 0 saturated carbocycles. The average molecular weight is 311 g/mol. The summed E-state index contributed by atoms with van der Waals surface area (Å²) in [6.07, 6.45) is 4.53. The van der Waals surface area contributed by atoms with Crippen LogP contribution in [0.1, 0.15) is 30.8 Å². The first-order valence-corrected chi connectivity index (χ1v) is 7.74. The number of halogens is 1. The van der Waals surface area contributed by atoms with Crippen LogP contribution in [0.15, 0.2) is 10.2 Å². The van der Waals surface area contributed by atoms with Crippen LogP contribution in [0.3, 0.4) is 0 Å². The molecule has 0 aliphatic carbocycles. The van der Waals surface area contributed by atoms with E-state index in [4.69, 9.17) is 17.3 Å². The van der Waals surface area contributed by atoms with Crippen molar-refractivity contribution < 1.29 is 0 Å². The summed E-state index contributed by atoms with van der Waals surface area (Å²) < 4.78 is 2.16. The molecular formula is C12H15ClN6S. The highest BCUT2D eigenvalue weighted by Crippen LogP contribution is 2.32. The van der Waals surface area contributed by atoms with Gasteiger partial charge in [0.2, 0.25) is 5.28 Å². The van der Waals surface area contributed by atoms with Gasteiger partial charge in [0.15, 0.2) is 5.16 Å². The molecule has 0 unspecified atom stereocenters. The Hall–Kier alpha value is -1.34. The molecule has 106 valence electrons. The third-order valence-electron chi connectivity index (χ3n) is 3.34. The molecule has 0 atom stereocenters. The Labute approximate surface area is 126 Å². The zero-order valence-electron chi connectivity index (χ0n) is 11.1. The van der Waals surface area contributed by atoms with Crippen molar-refractivity contribution in [3.05, 3.63) is 16.8 Å². The predicted molar refractivity (Wildman–Crippen MR) is 77.9 cm³/mol. The molecule has 2 N–H and O–H groups in total. The number of fused-ring (bicyclic) bond motifs is 1. The van der Waals surface area contributed by atoms with Crippen molar-refractivity contribution in [2.45, 2.75) is 49.3 Å². The summed E-state index contributed by atoms with van der Waals surface area (Å²) in [5.74, 6) is 1.04. The summed E-state index contributed by atoms with van der Waals surface area (Å²) >= 11 is 7.30. The molecule has 0 spiro atoms. The quantitative estimate of drug-likeness (QED) is 0.678. The number of aromatic nitrogens is 5. The van der Waals surface area contributed by atoms with Crippen molar-refractivity contribution >= 4 is 29.1 Å². The van der Waals surface area contributed by atoms with Gasteiger partial charge in [0.05, 0.1) is 11.4 Å². The zero-order chi connectivity index (χ0) is 14.1. The summed E-state index contributed by atoms with van der Waals surface area (Å²) in [6.45, 7) is 2.76. The van der Waals surface area contributed by atoms with E-state index in [0.717, 1.165) is 30.4 Å². The highest BCUT2D eigenvalue weighted by atomic mass is 35.5. The molecule has 1 aliphatic rings. The number of nitrogens with two attached hydrogens (primary N) is 1. The van der Waals surface area contributed by atoms with Crippen LogP contribution in [-0.2, 0) is 13.0 Å². The summed E-state index contributed by atoms with van der Waals surface area (Å²) in [5, 5.41) is 10.2. The Morgan fingerprint density at radius 1 is 1.20 bits per heavy atom. The Kier molecular flexibility index (Phi) is 3.80. The van der Waals surface area contributed by atoms with E-state index in [1.165, 1.54) is 24.6 Å². The normalized spacial score (nSPS) is 14.9. The minimum atomic E-state index is 0.204. The SMILES string of the molecule is Cc1nc(Cl)nc(Sc2nnc3n2CCCCC3)c1N. The molecule has 2 aromatic heterocycles. The zero-order valence-corrected chi connectivity index (χ0v) is 12.7. The first-order chi connectivity index (χ1) is 9.65. The van der Waals surface area contributed by atoms with Gasteiger partial charge < -0.3 is 10.3 Å². The van der Waals surface area contributed by atoms with Gasteiger partial charge in [-0.1, -0.05) is 6.42 Å². The van der Waals surface area contributed by atoms with Crippen LogP contribution in [0.4, 0.5) is 5.69 Å². The van der Waals surface area contributed by atoms with E-state index in [-0.39, 0.29) is 5.28 Å². The molecule has 0 saturated heterocycles. The second-order valence-electron chi connectivity index (χ2n) is 4.76. The van der Waals surface area contributed by atoms with Gasteiger partial charge in [-0.3, -0.25) is 0 Å². The molecule has 0 aromatic carbocycles. The lowest BCUT2D eigenvalue weighted by molar-refractivity contribution is 0.590. The third-order valence-corrected chi connectivity index (χ3v) is 4.50. The van der Waals surface area contributed by atoms with Crippen molar-refractivity contribution in [3.63, 3.8) is 0 Å². The van der Waals surface area contributed by atoms with E-state index >= 15 is 0 Å². The summed E-state index contributed by atoms with van der Waals surface area (Å²) in [7, 11) is 0. The Morgan fingerprint density at radius 3 is 2.90 bits per heavy atom. The van der Waals surface area contributed by atoms with E-state index < -0.39 is 0 Å². The maximum absolute atomic E-state index is 6.01. The van der Waals surface area contributed by atoms with Gasteiger partial charge in [-0.2, -0.15) is 0 Å². The van der Waals surface area contributed by atoms with Crippen LogP contribution >= 0.6 is 23.4 Å². The van der Waals surface area contributed by atoms with Crippen LogP contribution in [0.2, 0.25) is 5.28 Å². The van der Waals surface area contributed by atoms with Gasteiger partial charge >= 0.3 is 0 Å². The minimum Gasteiger partial charge on any atom is -0.395 e. The van der Waals surface area contributed by atoms with Crippen LogP contribution in [-0.4, -0.2) is 24.7 Å². The fourth-order valence-electron chi connectivity index (χ4n) is 2.22. The van der Waals surface area contributed by atoms with Gasteiger partial charge in [0, 0.05) is 13.0 Å². The van der Waals surface area contributed by atoms with Crippen LogP contribution in [0.5, 0.6) is 0 Å². The molecule has 6 nitrogen and oxygen atoms in total. The lowest BCUT2D eigenvalue weighted by atomic mass is 10.2. The lowest BCUT2D eigenvalue weighted by Crippen LogP contribution is -2.04. The van der Waals surface area contributed by atoms with Crippen molar-refractivity contribution in [3.8, 4) is 0 Å². The number of anilines is 1. The molecule has 3 heterocycles. The molecule has 20 heavy (non-hydrogen) atoms. The minimum absolute atomic E-state index is 0.204. The van der Waals surface area contributed by atoms with Crippen molar-refractivity contribution in [2.75, 3.05) is 5.73 Å². The van der Waals surface area contributed by atoms with E-state index in [2.05, 4.69) is 24.7 Å². The summed E-state index contributed by atoms with van der Waals surface area (Å²) in [4.78, 5) is 8.23. The number of aryl methyl sites for hydroxylation is 2. The molecule has 0 bridgehead atoms. The lowest BCUT2D eigenvalue weighted by Gasteiger charge is -2.08. The smallest absolute Gasteiger partial charge is 0.223 e. The topological polar surface area (TPSA) is 82.5 Å². The maximum Gasteiger partial charge on any atom is 0.223 e. The van der Waals surface area contributed by atoms with Crippen LogP contribution in [0, 0.1) is 6.92 Å². The number of rotatable bonds is 2. The fraction of sp³-hybridized carbons (Fsp3) is 0.500. The molecule has 8 heteroatoms. The van der Waals surface area contributed by atoms with Crippen molar-refractivity contribution in [1.29, 1.82) is 0 Å². The summed E-state index contributed by atoms with van der Waals surface area (Å²) in [5.41, 5.74) is 7.24. The predicted octanol–water partition coefficient (Wildman–Crippen LogP) is 2.49. The van der Waals surface area contributed by atoms with Gasteiger partial charge in [0.25, 0.3) is 0 Å². The van der Waals surface area contributed by atoms with E-state index in [1.54, 1.807) is 0 Å². The Bertz CT molecular complexity index is 641. The molecule has 0 fully saturated rings. The number of hydrogen-bond acceptors (Lipinski definition) is 6. The van der Waals surface area contributed by atoms with Gasteiger partial charge in [-0.05, 0) is 43.1 Å².